The Morgan fingerprint density at radius 1 is 0.941 bits per heavy atom. The SMILES string of the molecule is C=C(C)C(=O)OCC(C)C.C=CC(=O)OC1CC2CCC1(C)C2(C)C.C=CC(=O)OCC(C)C. The summed E-state index contributed by atoms with van der Waals surface area (Å²) in [6.45, 7) is 27.6. The van der Waals surface area contributed by atoms with Gasteiger partial charge in [-0.3, -0.25) is 0 Å². The first kappa shape index (κ1) is 31.6. The first-order chi connectivity index (χ1) is 15.6. The molecule has 3 atom stereocenters. The average Bonchev–Trinajstić information content (AvgIpc) is 3.09. The lowest BCUT2D eigenvalue weighted by Crippen LogP contribution is -2.38. The van der Waals surface area contributed by atoms with Crippen molar-refractivity contribution in [2.75, 3.05) is 13.2 Å². The summed E-state index contributed by atoms with van der Waals surface area (Å²) in [5, 5.41) is 0. The Kier molecular flexibility index (Phi) is 13.1. The molecule has 6 heteroatoms. The maximum absolute atomic E-state index is 11.3. The van der Waals surface area contributed by atoms with Crippen LogP contribution in [0.15, 0.2) is 37.5 Å². The summed E-state index contributed by atoms with van der Waals surface area (Å²) in [7, 11) is 0. The van der Waals surface area contributed by atoms with Crippen molar-refractivity contribution in [3.8, 4) is 0 Å². The molecule has 3 unspecified atom stereocenters. The zero-order valence-electron chi connectivity index (χ0n) is 22.6. The number of carbonyl (C=O) groups is 3. The summed E-state index contributed by atoms with van der Waals surface area (Å²) in [6.07, 6.45) is 6.02. The van der Waals surface area contributed by atoms with E-state index in [4.69, 9.17) is 14.2 Å². The van der Waals surface area contributed by atoms with Crippen LogP contribution in [0.2, 0.25) is 0 Å². The van der Waals surface area contributed by atoms with Crippen LogP contribution in [0.25, 0.3) is 0 Å². The second-order valence-electron chi connectivity index (χ2n) is 10.7. The molecule has 2 aliphatic carbocycles. The van der Waals surface area contributed by atoms with Crippen LogP contribution in [0.5, 0.6) is 0 Å². The first-order valence-corrected chi connectivity index (χ1v) is 12.1. The van der Waals surface area contributed by atoms with Gasteiger partial charge in [0, 0.05) is 23.1 Å². The van der Waals surface area contributed by atoms with E-state index in [2.05, 4.69) is 40.5 Å². The highest BCUT2D eigenvalue weighted by Gasteiger charge is 2.62. The molecule has 0 aromatic carbocycles. The van der Waals surface area contributed by atoms with E-state index in [1.807, 2.05) is 27.7 Å². The molecule has 0 amide bonds. The van der Waals surface area contributed by atoms with Crippen molar-refractivity contribution in [3.05, 3.63) is 37.5 Å². The van der Waals surface area contributed by atoms with Gasteiger partial charge in [0.15, 0.2) is 0 Å². The van der Waals surface area contributed by atoms with Crippen LogP contribution in [-0.2, 0) is 28.6 Å². The molecule has 2 saturated carbocycles. The molecule has 0 aliphatic heterocycles. The summed E-state index contributed by atoms with van der Waals surface area (Å²) in [6, 6.07) is 0. The van der Waals surface area contributed by atoms with Gasteiger partial charge < -0.3 is 14.2 Å². The molecular weight excluding hydrogens is 432 g/mol. The first-order valence-electron chi connectivity index (χ1n) is 12.1. The zero-order valence-corrected chi connectivity index (χ0v) is 22.6. The molecule has 2 bridgehead atoms. The summed E-state index contributed by atoms with van der Waals surface area (Å²) in [5.74, 6) is 0.587. The molecule has 0 N–H and O–H groups in total. The quantitative estimate of drug-likeness (QED) is 0.240. The molecule has 2 aliphatic rings. The van der Waals surface area contributed by atoms with E-state index in [-0.39, 0.29) is 29.4 Å². The van der Waals surface area contributed by atoms with Crippen LogP contribution < -0.4 is 0 Å². The number of hydrogen-bond donors (Lipinski definition) is 0. The monoisotopic (exact) mass is 478 g/mol. The number of esters is 3. The van der Waals surface area contributed by atoms with Gasteiger partial charge in [-0.25, -0.2) is 14.4 Å². The molecule has 0 aromatic heterocycles. The molecule has 0 spiro atoms. The largest absolute Gasteiger partial charge is 0.462 e. The molecule has 6 nitrogen and oxygen atoms in total. The van der Waals surface area contributed by atoms with E-state index in [0.717, 1.165) is 6.42 Å². The van der Waals surface area contributed by atoms with Gasteiger partial charge in [-0.05, 0) is 49.4 Å². The van der Waals surface area contributed by atoms with Gasteiger partial charge in [0.05, 0.1) is 13.2 Å². The van der Waals surface area contributed by atoms with Crippen LogP contribution in [0.1, 0.15) is 74.7 Å². The van der Waals surface area contributed by atoms with Crippen molar-refractivity contribution >= 4 is 17.9 Å². The Labute approximate surface area is 206 Å². The van der Waals surface area contributed by atoms with Gasteiger partial charge in [0.1, 0.15) is 6.10 Å². The lowest BCUT2D eigenvalue weighted by atomic mass is 9.70. The molecule has 0 saturated heterocycles. The molecule has 2 fully saturated rings. The van der Waals surface area contributed by atoms with Gasteiger partial charge in [0.2, 0.25) is 0 Å². The third-order valence-corrected chi connectivity index (χ3v) is 6.76. The van der Waals surface area contributed by atoms with Crippen LogP contribution in [0, 0.1) is 28.6 Å². The molecule has 194 valence electrons. The van der Waals surface area contributed by atoms with Gasteiger partial charge in [-0.1, -0.05) is 68.2 Å². The summed E-state index contributed by atoms with van der Waals surface area (Å²) in [4.78, 5) is 32.4. The number of carbonyl (C=O) groups excluding carboxylic acids is 3. The minimum Gasteiger partial charge on any atom is -0.462 e. The highest BCUT2D eigenvalue weighted by Crippen LogP contribution is 2.66. The third-order valence-electron chi connectivity index (χ3n) is 6.76. The Morgan fingerprint density at radius 2 is 1.44 bits per heavy atom. The molecule has 0 aromatic rings. The number of fused-ring (bicyclic) bond motifs is 2. The molecule has 34 heavy (non-hydrogen) atoms. The van der Waals surface area contributed by atoms with Gasteiger partial charge in [-0.2, -0.15) is 0 Å². The van der Waals surface area contributed by atoms with Crippen LogP contribution in [0.4, 0.5) is 0 Å². The van der Waals surface area contributed by atoms with Gasteiger partial charge in [-0.15, -0.1) is 0 Å². The minimum atomic E-state index is -0.344. The highest BCUT2D eigenvalue weighted by molar-refractivity contribution is 5.86. The zero-order chi connectivity index (χ0) is 26.7. The topological polar surface area (TPSA) is 78.9 Å². The lowest BCUT2D eigenvalue weighted by Gasteiger charge is -2.38. The Morgan fingerprint density at radius 3 is 1.79 bits per heavy atom. The fourth-order valence-electron chi connectivity index (χ4n) is 4.17. The van der Waals surface area contributed by atoms with Crippen molar-refractivity contribution in [3.63, 3.8) is 0 Å². The van der Waals surface area contributed by atoms with Crippen LogP contribution in [-0.4, -0.2) is 37.2 Å². The minimum absolute atomic E-state index is 0.0942. The maximum Gasteiger partial charge on any atom is 0.333 e. The van der Waals surface area contributed by atoms with Crippen molar-refractivity contribution < 1.29 is 28.6 Å². The number of hydrogen-bond acceptors (Lipinski definition) is 6. The summed E-state index contributed by atoms with van der Waals surface area (Å²) < 4.78 is 15.0. The van der Waals surface area contributed by atoms with Gasteiger partial charge >= 0.3 is 17.9 Å². The second kappa shape index (κ2) is 14.1. The smallest absolute Gasteiger partial charge is 0.333 e. The third kappa shape index (κ3) is 9.47. The van der Waals surface area contributed by atoms with E-state index >= 15 is 0 Å². The van der Waals surface area contributed by atoms with Crippen molar-refractivity contribution in [1.29, 1.82) is 0 Å². The predicted molar refractivity (Wildman–Crippen MR) is 136 cm³/mol. The molecule has 0 radical (unpaired) electrons. The second-order valence-corrected chi connectivity index (χ2v) is 10.7. The Bertz CT molecular complexity index is 733. The fraction of sp³-hybridized carbons (Fsp3) is 0.679. The van der Waals surface area contributed by atoms with E-state index in [1.54, 1.807) is 6.92 Å². The van der Waals surface area contributed by atoms with E-state index in [1.165, 1.54) is 25.0 Å². The Balaban J connectivity index is 0.000000507. The average molecular weight is 479 g/mol. The normalized spacial score (nSPS) is 23.6. The number of ether oxygens (including phenoxy) is 3. The highest BCUT2D eigenvalue weighted by atomic mass is 16.5. The van der Waals surface area contributed by atoms with Crippen molar-refractivity contribution in [2.45, 2.75) is 80.8 Å². The van der Waals surface area contributed by atoms with Crippen LogP contribution in [0.3, 0.4) is 0 Å². The lowest BCUT2D eigenvalue weighted by molar-refractivity contribution is -0.150. The molecule has 2 rings (SSSR count). The molecular formula is C28H46O6. The summed E-state index contributed by atoms with van der Waals surface area (Å²) in [5.41, 5.74) is 0.927. The van der Waals surface area contributed by atoms with E-state index in [0.29, 0.717) is 42.0 Å². The fourth-order valence-corrected chi connectivity index (χ4v) is 4.17. The van der Waals surface area contributed by atoms with Crippen molar-refractivity contribution in [1.82, 2.24) is 0 Å². The van der Waals surface area contributed by atoms with E-state index in [9.17, 15) is 14.4 Å². The van der Waals surface area contributed by atoms with Crippen LogP contribution >= 0.6 is 0 Å². The maximum atomic E-state index is 11.3. The number of rotatable bonds is 8. The van der Waals surface area contributed by atoms with Gasteiger partial charge in [0.25, 0.3) is 0 Å². The standard InChI is InChI=1S/C13H20O2.C8H14O2.C7H12O2/c1-5-11(14)15-10-8-9-6-7-13(10,4)12(9,2)3;1-6(2)5-10-8(9)7(3)4;1-4-7(8)9-5-6(2)3/h5,9-10H,1,6-8H2,2-4H3;6H,3,5H2,1-2,4H3;4,6H,1,5H2,2-3H3. The van der Waals surface area contributed by atoms with E-state index < -0.39 is 0 Å². The Hall–Kier alpha value is -2.37. The van der Waals surface area contributed by atoms with Crippen molar-refractivity contribution in [2.24, 2.45) is 28.6 Å². The molecule has 0 heterocycles. The summed E-state index contributed by atoms with van der Waals surface area (Å²) >= 11 is 0. The predicted octanol–water partition coefficient (Wildman–Crippen LogP) is 6.06.